The summed E-state index contributed by atoms with van der Waals surface area (Å²) in [5, 5.41) is 0. The highest BCUT2D eigenvalue weighted by molar-refractivity contribution is 6.27. The van der Waals surface area contributed by atoms with Gasteiger partial charge in [0.2, 0.25) is 0 Å². The van der Waals surface area contributed by atoms with Crippen LogP contribution in [0.15, 0.2) is 0 Å². The molecule has 26 heavy (non-hydrogen) atoms. The summed E-state index contributed by atoms with van der Waals surface area (Å²) in [7, 11) is 0. The topological polar surface area (TPSA) is 60.4 Å². The maximum absolute atomic E-state index is 14.0. The number of hydrogen-bond donors (Lipinski definition) is 0. The van der Waals surface area contributed by atoms with E-state index in [1.165, 1.54) is 0 Å². The van der Waals surface area contributed by atoms with Crippen molar-refractivity contribution in [2.24, 2.45) is 44.8 Å². The smallest absolute Gasteiger partial charge is 0.327 e. The van der Waals surface area contributed by atoms with E-state index in [1.54, 1.807) is 0 Å². The Morgan fingerprint density at radius 2 is 1.54 bits per heavy atom. The van der Waals surface area contributed by atoms with E-state index in [9.17, 15) is 14.4 Å². The van der Waals surface area contributed by atoms with Crippen LogP contribution < -0.4 is 0 Å². The van der Waals surface area contributed by atoms with Crippen molar-refractivity contribution in [2.45, 2.75) is 73.3 Å². The Hall–Kier alpha value is -1.19. The minimum atomic E-state index is -1.53. The van der Waals surface area contributed by atoms with E-state index in [-0.39, 0.29) is 51.7 Å². The van der Waals surface area contributed by atoms with E-state index in [0.29, 0.717) is 0 Å². The molecule has 4 heteroatoms. The number of Topliss-reactive ketones (excluding diaryl/α,β-unsaturated/α-hetero) is 2. The van der Waals surface area contributed by atoms with Crippen LogP contribution >= 0.6 is 0 Å². The number of rotatable bonds is 0. The lowest BCUT2D eigenvalue weighted by Crippen LogP contribution is -2.63. The van der Waals surface area contributed by atoms with Gasteiger partial charge in [-0.05, 0) is 48.3 Å². The van der Waals surface area contributed by atoms with Gasteiger partial charge in [0, 0.05) is 10.8 Å². The lowest BCUT2D eigenvalue weighted by molar-refractivity contribution is -0.194. The third-order valence-electron chi connectivity index (χ3n) is 10.6. The maximum Gasteiger partial charge on any atom is 0.327 e. The number of ketones is 2. The molecule has 142 valence electrons. The van der Waals surface area contributed by atoms with Crippen LogP contribution in [0, 0.1) is 44.8 Å². The van der Waals surface area contributed by atoms with E-state index >= 15 is 0 Å². The fourth-order valence-corrected chi connectivity index (χ4v) is 8.18. The third-order valence-corrected chi connectivity index (χ3v) is 10.6. The highest BCUT2D eigenvalue weighted by atomic mass is 16.6. The molecular weight excluding hydrogens is 328 g/mol. The van der Waals surface area contributed by atoms with Crippen molar-refractivity contribution in [3.05, 3.63) is 0 Å². The molecule has 0 aromatic carbocycles. The predicted molar refractivity (Wildman–Crippen MR) is 95.0 cm³/mol. The van der Waals surface area contributed by atoms with Crippen molar-refractivity contribution in [1.82, 2.24) is 0 Å². The van der Waals surface area contributed by atoms with Gasteiger partial charge in [-0.2, -0.15) is 0 Å². The van der Waals surface area contributed by atoms with Gasteiger partial charge in [0.1, 0.15) is 6.10 Å². The van der Waals surface area contributed by atoms with Crippen LogP contribution in [-0.2, 0) is 19.1 Å². The molecule has 0 N–H and O–H groups in total. The number of fused-ring (bicyclic) bond motifs is 8. The first kappa shape index (κ1) is 16.9. The predicted octanol–water partition coefficient (Wildman–Crippen LogP) is 3.56. The molecule has 5 fully saturated rings. The molecule has 4 saturated carbocycles. The van der Waals surface area contributed by atoms with Crippen LogP contribution in [0.3, 0.4) is 0 Å². The van der Waals surface area contributed by atoms with Gasteiger partial charge in [-0.15, -0.1) is 0 Å². The van der Waals surface area contributed by atoms with Gasteiger partial charge in [0.15, 0.2) is 17.0 Å². The lowest BCUT2D eigenvalue weighted by atomic mass is 9.59. The number of esters is 1. The lowest BCUT2D eigenvalue weighted by Gasteiger charge is -2.47. The maximum atomic E-state index is 14.0. The van der Waals surface area contributed by atoms with Crippen LogP contribution in [0.5, 0.6) is 0 Å². The molecule has 4 bridgehead atoms. The standard InChI is InChI=1S/C22H30O4/c1-18(2)11-7-9-20(18,5)15-13(11)14(23)22(17(25)26-15)12-8-10-21(6,16(22)24)19(12,3)4/h11-13,15H,7-10H2,1-6H3/t11-,12+,13?,15?,20+,21+,22-/m1/s1. The SMILES string of the molecule is CC1(C)[C@@H]2CC[C@@]1(C)C(=O)[C@@]21C(=O)OC2C(C1=O)[C@H]1CC[C@]2(C)C1(C)C. The van der Waals surface area contributed by atoms with Gasteiger partial charge in [0.25, 0.3) is 0 Å². The molecule has 0 amide bonds. The van der Waals surface area contributed by atoms with E-state index < -0.39 is 16.8 Å². The summed E-state index contributed by atoms with van der Waals surface area (Å²) in [5.74, 6) is -1.08. The molecule has 2 unspecified atom stereocenters. The molecule has 1 spiro atoms. The Morgan fingerprint density at radius 3 is 2.12 bits per heavy atom. The van der Waals surface area contributed by atoms with Crippen molar-refractivity contribution in [3.63, 3.8) is 0 Å². The van der Waals surface area contributed by atoms with Crippen molar-refractivity contribution >= 4 is 17.5 Å². The average molecular weight is 358 g/mol. The molecule has 0 aromatic rings. The molecule has 1 saturated heterocycles. The van der Waals surface area contributed by atoms with Crippen LogP contribution in [-0.4, -0.2) is 23.6 Å². The molecule has 5 aliphatic rings. The Labute approximate surface area is 155 Å². The third kappa shape index (κ3) is 1.26. The molecule has 0 aromatic heterocycles. The summed E-state index contributed by atoms with van der Waals surface area (Å²) in [4.78, 5) is 41.0. The normalized spacial score (nSPS) is 55.5. The first-order valence-corrected chi connectivity index (χ1v) is 10.2. The second-order valence-electron chi connectivity index (χ2n) is 11.3. The second kappa shape index (κ2) is 4.12. The van der Waals surface area contributed by atoms with E-state index in [0.717, 1.165) is 25.7 Å². The summed E-state index contributed by atoms with van der Waals surface area (Å²) in [6.45, 7) is 12.7. The molecular formula is C22H30O4. The Kier molecular flexibility index (Phi) is 2.69. The Morgan fingerprint density at radius 1 is 0.885 bits per heavy atom. The summed E-state index contributed by atoms with van der Waals surface area (Å²) in [6.07, 6.45) is 3.15. The Balaban J connectivity index is 1.69. The van der Waals surface area contributed by atoms with Crippen LogP contribution in [0.25, 0.3) is 0 Å². The van der Waals surface area contributed by atoms with Crippen LogP contribution in [0.2, 0.25) is 0 Å². The van der Waals surface area contributed by atoms with Gasteiger partial charge in [-0.3, -0.25) is 14.4 Å². The van der Waals surface area contributed by atoms with Gasteiger partial charge >= 0.3 is 5.97 Å². The zero-order valence-corrected chi connectivity index (χ0v) is 16.8. The van der Waals surface area contributed by atoms with E-state index in [4.69, 9.17) is 4.74 Å². The van der Waals surface area contributed by atoms with Crippen molar-refractivity contribution in [3.8, 4) is 0 Å². The Bertz CT molecular complexity index is 779. The fraction of sp³-hybridized carbons (Fsp3) is 0.864. The monoisotopic (exact) mass is 358 g/mol. The minimum Gasteiger partial charge on any atom is -0.460 e. The van der Waals surface area contributed by atoms with Crippen molar-refractivity contribution in [2.75, 3.05) is 0 Å². The first-order chi connectivity index (χ1) is 11.9. The van der Waals surface area contributed by atoms with Gasteiger partial charge in [-0.25, -0.2) is 0 Å². The fourth-order valence-electron chi connectivity index (χ4n) is 8.18. The molecule has 4 aliphatic carbocycles. The van der Waals surface area contributed by atoms with Crippen LogP contribution in [0.4, 0.5) is 0 Å². The minimum absolute atomic E-state index is 0.0517. The molecule has 0 radical (unpaired) electrons. The summed E-state index contributed by atoms with van der Waals surface area (Å²) in [6, 6.07) is 0. The number of hydrogen-bond acceptors (Lipinski definition) is 4. The summed E-state index contributed by atoms with van der Waals surface area (Å²) >= 11 is 0. The second-order valence-corrected chi connectivity index (χ2v) is 11.3. The van der Waals surface area contributed by atoms with Gasteiger partial charge < -0.3 is 4.74 Å². The average Bonchev–Trinajstić information content (AvgIpc) is 3.03. The molecule has 7 atom stereocenters. The number of carbonyl (C=O) groups excluding carboxylic acids is 3. The number of ether oxygens (including phenoxy) is 1. The van der Waals surface area contributed by atoms with E-state index in [2.05, 4.69) is 34.6 Å². The highest BCUT2D eigenvalue weighted by Crippen LogP contribution is 2.76. The van der Waals surface area contributed by atoms with Crippen molar-refractivity contribution < 1.29 is 19.1 Å². The van der Waals surface area contributed by atoms with Gasteiger partial charge in [-0.1, -0.05) is 41.5 Å². The quantitative estimate of drug-likeness (QED) is 0.491. The highest BCUT2D eigenvalue weighted by Gasteiger charge is 2.83. The first-order valence-electron chi connectivity index (χ1n) is 10.2. The summed E-state index contributed by atoms with van der Waals surface area (Å²) < 4.78 is 6.07. The number of carbonyl (C=O) groups is 3. The van der Waals surface area contributed by atoms with Gasteiger partial charge in [0.05, 0.1) is 5.92 Å². The summed E-state index contributed by atoms with van der Waals surface area (Å²) in [5.41, 5.74) is -2.70. The van der Waals surface area contributed by atoms with E-state index in [1.807, 2.05) is 6.92 Å². The molecule has 1 heterocycles. The van der Waals surface area contributed by atoms with Crippen LogP contribution in [0.1, 0.15) is 67.2 Å². The zero-order valence-electron chi connectivity index (χ0n) is 16.8. The molecule has 1 aliphatic heterocycles. The van der Waals surface area contributed by atoms with Crippen molar-refractivity contribution in [1.29, 1.82) is 0 Å². The zero-order chi connectivity index (χ0) is 19.1. The molecule has 4 nitrogen and oxygen atoms in total. The largest absolute Gasteiger partial charge is 0.460 e. The molecule has 5 rings (SSSR count).